The fourth-order valence-corrected chi connectivity index (χ4v) is 3.37. The largest absolute Gasteiger partial charge is 0.323 e. The Kier molecular flexibility index (Phi) is 4.26. The molecule has 20 heavy (non-hydrogen) atoms. The van der Waals surface area contributed by atoms with Gasteiger partial charge in [0, 0.05) is 16.9 Å². The van der Waals surface area contributed by atoms with Gasteiger partial charge >= 0.3 is 0 Å². The van der Waals surface area contributed by atoms with Crippen molar-refractivity contribution in [2.45, 2.75) is 11.8 Å². The summed E-state index contributed by atoms with van der Waals surface area (Å²) in [6.45, 7) is 1.81. The molecule has 2 rings (SSSR count). The number of pyridine rings is 1. The van der Waals surface area contributed by atoms with Crippen LogP contribution in [0.3, 0.4) is 0 Å². The Morgan fingerprint density at radius 3 is 2.65 bits per heavy atom. The lowest BCUT2D eigenvalue weighted by Crippen LogP contribution is -2.18. The number of nitrogens with one attached hydrogen (secondary N) is 2. The van der Waals surface area contributed by atoms with E-state index in [1.165, 1.54) is 18.5 Å². The van der Waals surface area contributed by atoms with E-state index < -0.39 is 10.0 Å². The third kappa shape index (κ3) is 3.09. The summed E-state index contributed by atoms with van der Waals surface area (Å²) in [4.78, 5) is 3.81. The van der Waals surface area contributed by atoms with Gasteiger partial charge in [-0.2, -0.15) is 0 Å². The molecule has 0 atom stereocenters. The maximum atomic E-state index is 12.4. The number of nitrogen functional groups attached to an aromatic ring is 1. The molecule has 8 heteroatoms. The molecule has 4 N–H and O–H groups in total. The molecule has 0 fully saturated rings. The molecule has 0 unspecified atom stereocenters. The molecule has 0 radical (unpaired) electrons. The van der Waals surface area contributed by atoms with Crippen molar-refractivity contribution in [1.82, 2.24) is 4.98 Å². The van der Waals surface area contributed by atoms with Gasteiger partial charge < -0.3 is 5.43 Å². The molecule has 2 aromatic rings. The summed E-state index contributed by atoms with van der Waals surface area (Å²) in [5.74, 6) is 5.31. The number of sulfonamides is 1. The van der Waals surface area contributed by atoms with E-state index in [2.05, 4.69) is 31.1 Å². The number of aromatic nitrogens is 1. The van der Waals surface area contributed by atoms with Gasteiger partial charge in [-0.05, 0) is 36.8 Å². The number of nitrogens with zero attached hydrogens (tertiary/aromatic N) is 1. The van der Waals surface area contributed by atoms with Crippen LogP contribution >= 0.6 is 15.9 Å². The molecular formula is C12H13BrN4O2S. The summed E-state index contributed by atoms with van der Waals surface area (Å²) in [5, 5.41) is 0. The van der Waals surface area contributed by atoms with Crippen LogP contribution < -0.4 is 16.0 Å². The first-order valence-electron chi connectivity index (χ1n) is 5.63. The van der Waals surface area contributed by atoms with E-state index in [0.29, 0.717) is 5.69 Å². The van der Waals surface area contributed by atoms with Crippen LogP contribution in [0.25, 0.3) is 0 Å². The fourth-order valence-electron chi connectivity index (χ4n) is 1.65. The average molecular weight is 357 g/mol. The number of benzene rings is 1. The van der Waals surface area contributed by atoms with E-state index in [9.17, 15) is 8.42 Å². The predicted octanol–water partition coefficient (Wildman–Crippen LogP) is 2.24. The Balaban J connectivity index is 2.41. The van der Waals surface area contributed by atoms with Crippen molar-refractivity contribution in [3.05, 3.63) is 46.7 Å². The second-order valence-electron chi connectivity index (χ2n) is 4.08. The van der Waals surface area contributed by atoms with Crippen LogP contribution in [0.2, 0.25) is 0 Å². The molecule has 0 saturated heterocycles. The third-order valence-corrected chi connectivity index (χ3v) is 4.55. The van der Waals surface area contributed by atoms with Crippen LogP contribution in [0.4, 0.5) is 11.4 Å². The zero-order chi connectivity index (χ0) is 14.8. The minimum atomic E-state index is -3.76. The maximum absolute atomic E-state index is 12.4. The van der Waals surface area contributed by atoms with E-state index in [1.54, 1.807) is 12.1 Å². The zero-order valence-corrected chi connectivity index (χ0v) is 13.0. The standard InChI is InChI=1S/C12H13BrN4O2S/c1-8-6-9(13)2-3-10(8)17-20(18,19)12-7-15-5-4-11(12)16-14/h2-7,17H,14H2,1H3,(H,15,16). The highest BCUT2D eigenvalue weighted by atomic mass is 79.9. The van der Waals surface area contributed by atoms with Crippen LogP contribution in [0, 0.1) is 6.92 Å². The lowest BCUT2D eigenvalue weighted by molar-refractivity contribution is 0.601. The van der Waals surface area contributed by atoms with Crippen LogP contribution in [0.1, 0.15) is 5.56 Å². The molecule has 0 bridgehead atoms. The topological polar surface area (TPSA) is 97.1 Å². The SMILES string of the molecule is Cc1cc(Br)ccc1NS(=O)(=O)c1cnccc1NN. The second-order valence-corrected chi connectivity index (χ2v) is 6.65. The van der Waals surface area contributed by atoms with Gasteiger partial charge in [-0.25, -0.2) is 8.42 Å². The van der Waals surface area contributed by atoms with Gasteiger partial charge in [0.15, 0.2) is 0 Å². The summed E-state index contributed by atoms with van der Waals surface area (Å²) in [6.07, 6.45) is 2.70. The highest BCUT2D eigenvalue weighted by Crippen LogP contribution is 2.25. The monoisotopic (exact) mass is 356 g/mol. The third-order valence-electron chi connectivity index (χ3n) is 2.66. The molecule has 0 saturated carbocycles. The first kappa shape index (κ1) is 14.8. The summed E-state index contributed by atoms with van der Waals surface area (Å²) >= 11 is 3.33. The molecule has 1 heterocycles. The lowest BCUT2D eigenvalue weighted by atomic mass is 10.2. The smallest absolute Gasteiger partial charge is 0.265 e. The Bertz CT molecular complexity index is 734. The highest BCUT2D eigenvalue weighted by Gasteiger charge is 2.19. The number of anilines is 2. The minimum absolute atomic E-state index is 0.00943. The van der Waals surface area contributed by atoms with Gasteiger partial charge in [0.1, 0.15) is 4.90 Å². The van der Waals surface area contributed by atoms with Gasteiger partial charge in [-0.15, -0.1) is 0 Å². The van der Waals surface area contributed by atoms with Crippen molar-refractivity contribution in [2.75, 3.05) is 10.1 Å². The van der Waals surface area contributed by atoms with E-state index in [1.807, 2.05) is 13.0 Å². The summed E-state index contributed by atoms with van der Waals surface area (Å²) in [5.41, 5.74) is 3.92. The van der Waals surface area contributed by atoms with Crippen molar-refractivity contribution >= 4 is 37.3 Å². The molecule has 0 aliphatic heterocycles. The average Bonchev–Trinajstić information content (AvgIpc) is 2.42. The minimum Gasteiger partial charge on any atom is -0.323 e. The number of hydrogen-bond acceptors (Lipinski definition) is 5. The van der Waals surface area contributed by atoms with Gasteiger partial charge in [0.05, 0.1) is 11.4 Å². The maximum Gasteiger partial charge on any atom is 0.265 e. The van der Waals surface area contributed by atoms with Crippen molar-refractivity contribution in [3.63, 3.8) is 0 Å². The first-order valence-corrected chi connectivity index (χ1v) is 7.91. The number of hydrogen-bond donors (Lipinski definition) is 3. The second kappa shape index (κ2) is 5.78. The normalized spacial score (nSPS) is 11.2. The summed E-state index contributed by atoms with van der Waals surface area (Å²) in [6, 6.07) is 6.76. The molecule has 0 amide bonds. The zero-order valence-electron chi connectivity index (χ0n) is 10.6. The number of rotatable bonds is 4. The van der Waals surface area contributed by atoms with E-state index in [0.717, 1.165) is 10.0 Å². The van der Waals surface area contributed by atoms with Crippen molar-refractivity contribution in [2.24, 2.45) is 5.84 Å². The van der Waals surface area contributed by atoms with E-state index in [-0.39, 0.29) is 10.6 Å². The predicted molar refractivity (Wildman–Crippen MR) is 81.7 cm³/mol. The van der Waals surface area contributed by atoms with Gasteiger partial charge in [0.2, 0.25) is 0 Å². The lowest BCUT2D eigenvalue weighted by Gasteiger charge is -2.13. The Labute approximate surface area is 125 Å². The van der Waals surface area contributed by atoms with Crippen LogP contribution in [-0.4, -0.2) is 13.4 Å². The van der Waals surface area contributed by atoms with Gasteiger partial charge in [-0.1, -0.05) is 15.9 Å². The van der Waals surface area contributed by atoms with Crippen molar-refractivity contribution in [3.8, 4) is 0 Å². The Morgan fingerprint density at radius 2 is 2.00 bits per heavy atom. The number of halogens is 1. The highest BCUT2D eigenvalue weighted by molar-refractivity contribution is 9.10. The number of nitrogens with two attached hydrogens (primary N) is 1. The van der Waals surface area contributed by atoms with Crippen LogP contribution in [0.15, 0.2) is 46.0 Å². The molecule has 0 aliphatic rings. The number of hydrazine groups is 1. The molecule has 1 aromatic heterocycles. The molecular weight excluding hydrogens is 344 g/mol. The number of aryl methyl sites for hydroxylation is 1. The van der Waals surface area contributed by atoms with E-state index in [4.69, 9.17) is 5.84 Å². The van der Waals surface area contributed by atoms with Gasteiger partial charge in [0.25, 0.3) is 10.0 Å². The Morgan fingerprint density at radius 1 is 1.25 bits per heavy atom. The van der Waals surface area contributed by atoms with E-state index >= 15 is 0 Å². The van der Waals surface area contributed by atoms with Crippen molar-refractivity contribution in [1.29, 1.82) is 0 Å². The van der Waals surface area contributed by atoms with Crippen molar-refractivity contribution < 1.29 is 8.42 Å². The molecule has 0 spiro atoms. The van der Waals surface area contributed by atoms with Crippen LogP contribution in [0.5, 0.6) is 0 Å². The fraction of sp³-hybridized carbons (Fsp3) is 0.0833. The quantitative estimate of drug-likeness (QED) is 0.576. The Hall–Kier alpha value is -1.64. The molecule has 6 nitrogen and oxygen atoms in total. The summed E-state index contributed by atoms with van der Waals surface area (Å²) < 4.78 is 28.1. The van der Waals surface area contributed by atoms with Gasteiger partial charge in [-0.3, -0.25) is 15.5 Å². The first-order chi connectivity index (χ1) is 9.44. The van der Waals surface area contributed by atoms with Crippen LogP contribution in [-0.2, 0) is 10.0 Å². The molecule has 1 aromatic carbocycles. The molecule has 106 valence electrons. The molecule has 0 aliphatic carbocycles. The summed E-state index contributed by atoms with van der Waals surface area (Å²) in [7, 11) is -3.76.